The Morgan fingerprint density at radius 1 is 0.833 bits per heavy atom. The van der Waals surface area contributed by atoms with Crippen LogP contribution in [0.4, 0.5) is 0 Å². The lowest BCUT2D eigenvalue weighted by Gasteiger charge is -2.14. The molecule has 0 saturated carbocycles. The highest BCUT2D eigenvalue weighted by Crippen LogP contribution is 2.29. The van der Waals surface area contributed by atoms with Gasteiger partial charge in [-0.05, 0) is 54.5 Å². The third kappa shape index (κ3) is 2.48. The molecular formula is C18H22. The summed E-state index contributed by atoms with van der Waals surface area (Å²) in [6.45, 7) is 8.83. The molecule has 0 nitrogen and oxygen atoms in total. The smallest absolute Gasteiger partial charge is 0.0123 e. The monoisotopic (exact) mass is 238 g/mol. The number of rotatable bonds is 3. The maximum atomic E-state index is 2.32. The third-order valence-corrected chi connectivity index (χ3v) is 3.59. The summed E-state index contributed by atoms with van der Waals surface area (Å²) in [6, 6.07) is 13.6. The van der Waals surface area contributed by atoms with Crippen LogP contribution >= 0.6 is 0 Å². The normalized spacial score (nSPS) is 10.7. The minimum absolute atomic E-state index is 1.09. The molecule has 0 spiro atoms. The number of hydrogen-bond donors (Lipinski definition) is 0. The molecule has 0 heterocycles. The quantitative estimate of drug-likeness (QED) is 0.698. The summed E-state index contributed by atoms with van der Waals surface area (Å²) >= 11 is 0. The van der Waals surface area contributed by atoms with Crippen molar-refractivity contribution in [1.82, 2.24) is 0 Å². The Morgan fingerprint density at radius 3 is 2.06 bits per heavy atom. The van der Waals surface area contributed by atoms with Gasteiger partial charge in [0, 0.05) is 0 Å². The molecule has 2 rings (SSSR count). The van der Waals surface area contributed by atoms with Gasteiger partial charge in [-0.25, -0.2) is 0 Å². The van der Waals surface area contributed by atoms with Gasteiger partial charge in [0.25, 0.3) is 0 Å². The molecule has 0 aliphatic rings. The van der Waals surface area contributed by atoms with E-state index in [2.05, 4.69) is 64.1 Å². The van der Waals surface area contributed by atoms with E-state index >= 15 is 0 Å². The van der Waals surface area contributed by atoms with Gasteiger partial charge in [-0.3, -0.25) is 0 Å². The minimum atomic E-state index is 1.09. The first-order chi connectivity index (χ1) is 8.65. The first-order valence-corrected chi connectivity index (χ1v) is 6.85. The first kappa shape index (κ1) is 12.9. The zero-order valence-corrected chi connectivity index (χ0v) is 11.9. The zero-order chi connectivity index (χ0) is 13.1. The summed E-state index contributed by atoms with van der Waals surface area (Å²) in [5.41, 5.74) is 8.37. The first-order valence-electron chi connectivity index (χ1n) is 6.85. The van der Waals surface area contributed by atoms with Gasteiger partial charge in [0.05, 0.1) is 0 Å². The summed E-state index contributed by atoms with van der Waals surface area (Å²) in [5, 5.41) is 0. The second-order valence-corrected chi connectivity index (χ2v) is 5.02. The van der Waals surface area contributed by atoms with Crippen LogP contribution in [0, 0.1) is 13.8 Å². The highest BCUT2D eigenvalue weighted by atomic mass is 14.1. The topological polar surface area (TPSA) is 0 Å². The van der Waals surface area contributed by atoms with E-state index < -0.39 is 0 Å². The average molecular weight is 238 g/mol. The molecule has 0 aliphatic heterocycles. The summed E-state index contributed by atoms with van der Waals surface area (Å²) in [7, 11) is 0. The maximum absolute atomic E-state index is 2.32. The van der Waals surface area contributed by atoms with Gasteiger partial charge in [0.1, 0.15) is 0 Å². The largest absolute Gasteiger partial charge is 0.0613 e. The van der Waals surface area contributed by atoms with Crippen LogP contribution in [0.2, 0.25) is 0 Å². The summed E-state index contributed by atoms with van der Waals surface area (Å²) in [5.74, 6) is 0. The fourth-order valence-electron chi connectivity index (χ4n) is 2.65. The molecular weight excluding hydrogens is 216 g/mol. The minimum Gasteiger partial charge on any atom is -0.0613 e. The van der Waals surface area contributed by atoms with Gasteiger partial charge < -0.3 is 0 Å². The molecule has 2 aromatic carbocycles. The van der Waals surface area contributed by atoms with Crippen LogP contribution in [0.3, 0.4) is 0 Å². The van der Waals surface area contributed by atoms with Crippen LogP contribution in [-0.2, 0) is 12.8 Å². The van der Waals surface area contributed by atoms with Crippen molar-refractivity contribution >= 4 is 0 Å². The molecule has 18 heavy (non-hydrogen) atoms. The SMILES string of the molecule is CCc1ccc(-c2c(C)cc(C)cc2CC)cc1. The van der Waals surface area contributed by atoms with Gasteiger partial charge >= 0.3 is 0 Å². The van der Waals surface area contributed by atoms with Crippen molar-refractivity contribution in [2.45, 2.75) is 40.5 Å². The number of hydrogen-bond acceptors (Lipinski definition) is 0. The standard InChI is InChI=1S/C18H22/c1-5-15-7-9-17(10-8-15)18-14(4)11-13(3)12-16(18)6-2/h7-12H,5-6H2,1-4H3. The predicted molar refractivity (Wildman–Crippen MR) is 80.1 cm³/mol. The molecule has 94 valence electrons. The van der Waals surface area contributed by atoms with E-state index in [9.17, 15) is 0 Å². The highest BCUT2D eigenvalue weighted by Gasteiger charge is 2.08. The molecule has 0 bridgehead atoms. The van der Waals surface area contributed by atoms with Crippen molar-refractivity contribution in [3.05, 3.63) is 58.7 Å². The van der Waals surface area contributed by atoms with Crippen molar-refractivity contribution in [3.63, 3.8) is 0 Å². The van der Waals surface area contributed by atoms with E-state index in [1.807, 2.05) is 0 Å². The lowest BCUT2D eigenvalue weighted by molar-refractivity contribution is 1.12. The van der Waals surface area contributed by atoms with E-state index in [0.29, 0.717) is 0 Å². The number of benzene rings is 2. The number of aryl methyl sites for hydroxylation is 4. The van der Waals surface area contributed by atoms with E-state index in [-0.39, 0.29) is 0 Å². The van der Waals surface area contributed by atoms with Crippen LogP contribution in [-0.4, -0.2) is 0 Å². The molecule has 2 aromatic rings. The second-order valence-electron chi connectivity index (χ2n) is 5.02. The summed E-state index contributed by atoms with van der Waals surface area (Å²) in [4.78, 5) is 0. The molecule has 0 aliphatic carbocycles. The fourth-order valence-corrected chi connectivity index (χ4v) is 2.65. The molecule has 0 heteroatoms. The molecule has 0 fully saturated rings. The lowest BCUT2D eigenvalue weighted by atomic mass is 9.91. The molecule has 0 N–H and O–H groups in total. The highest BCUT2D eigenvalue weighted by molar-refractivity contribution is 5.71. The van der Waals surface area contributed by atoms with Gasteiger partial charge in [0.15, 0.2) is 0 Å². The van der Waals surface area contributed by atoms with Crippen molar-refractivity contribution in [2.75, 3.05) is 0 Å². The zero-order valence-electron chi connectivity index (χ0n) is 11.9. The van der Waals surface area contributed by atoms with Gasteiger partial charge in [-0.15, -0.1) is 0 Å². The molecule has 0 saturated heterocycles. The van der Waals surface area contributed by atoms with Crippen LogP contribution in [0.5, 0.6) is 0 Å². The Kier molecular flexibility index (Phi) is 3.86. The van der Waals surface area contributed by atoms with Gasteiger partial charge in [0.2, 0.25) is 0 Å². The predicted octanol–water partition coefficient (Wildman–Crippen LogP) is 5.10. The maximum Gasteiger partial charge on any atom is -0.0123 e. The Bertz CT molecular complexity index is 533. The lowest BCUT2D eigenvalue weighted by Crippen LogP contribution is -1.93. The van der Waals surface area contributed by atoms with Gasteiger partial charge in [-0.1, -0.05) is 55.8 Å². The Balaban J connectivity index is 2.55. The molecule has 0 amide bonds. The summed E-state index contributed by atoms with van der Waals surface area (Å²) in [6.07, 6.45) is 2.20. The van der Waals surface area contributed by atoms with Crippen LogP contribution in [0.25, 0.3) is 11.1 Å². The van der Waals surface area contributed by atoms with E-state index in [4.69, 9.17) is 0 Å². The van der Waals surface area contributed by atoms with Crippen LogP contribution < -0.4 is 0 Å². The molecule has 0 atom stereocenters. The van der Waals surface area contributed by atoms with Gasteiger partial charge in [-0.2, -0.15) is 0 Å². The molecule has 0 unspecified atom stereocenters. The second kappa shape index (κ2) is 5.39. The average Bonchev–Trinajstić information content (AvgIpc) is 2.38. The summed E-state index contributed by atoms with van der Waals surface area (Å²) < 4.78 is 0. The van der Waals surface area contributed by atoms with E-state index in [0.717, 1.165) is 12.8 Å². The molecule has 0 radical (unpaired) electrons. The van der Waals surface area contributed by atoms with Crippen molar-refractivity contribution in [3.8, 4) is 11.1 Å². The Labute approximate surface area is 111 Å². The third-order valence-electron chi connectivity index (χ3n) is 3.59. The van der Waals surface area contributed by atoms with Crippen molar-refractivity contribution in [1.29, 1.82) is 0 Å². The fraction of sp³-hybridized carbons (Fsp3) is 0.333. The van der Waals surface area contributed by atoms with Crippen LogP contribution in [0.1, 0.15) is 36.1 Å². The van der Waals surface area contributed by atoms with Crippen molar-refractivity contribution < 1.29 is 0 Å². The van der Waals surface area contributed by atoms with E-state index in [1.54, 1.807) is 0 Å². The Hall–Kier alpha value is -1.56. The molecule has 0 aromatic heterocycles. The van der Waals surface area contributed by atoms with E-state index in [1.165, 1.54) is 33.4 Å². The Morgan fingerprint density at radius 2 is 1.50 bits per heavy atom. The van der Waals surface area contributed by atoms with Crippen molar-refractivity contribution in [2.24, 2.45) is 0 Å². The van der Waals surface area contributed by atoms with Crippen LogP contribution in [0.15, 0.2) is 36.4 Å².